The van der Waals surface area contributed by atoms with Gasteiger partial charge in [0.05, 0.1) is 18.6 Å². The van der Waals surface area contributed by atoms with Gasteiger partial charge in [-0.25, -0.2) is 0 Å². The summed E-state index contributed by atoms with van der Waals surface area (Å²) in [6, 6.07) is 30.2. The predicted molar refractivity (Wildman–Crippen MR) is 117 cm³/mol. The molecule has 5 heteroatoms. The number of hydrogen-bond donors (Lipinski definition) is 0. The van der Waals surface area contributed by atoms with Crippen molar-refractivity contribution in [1.82, 2.24) is 19.7 Å². The predicted octanol–water partition coefficient (Wildman–Crippen LogP) is 5.37. The molecule has 4 aromatic rings. The van der Waals surface area contributed by atoms with Crippen molar-refractivity contribution in [3.05, 3.63) is 102 Å². The lowest BCUT2D eigenvalue weighted by Gasteiger charge is -2.35. The highest BCUT2D eigenvalue weighted by atomic mass is 32.2. The van der Waals surface area contributed by atoms with Gasteiger partial charge >= 0.3 is 0 Å². The van der Waals surface area contributed by atoms with E-state index in [0.717, 1.165) is 29.1 Å². The van der Waals surface area contributed by atoms with E-state index < -0.39 is 0 Å². The lowest BCUT2D eigenvalue weighted by atomic mass is 9.98. The molecule has 0 atom stereocenters. The summed E-state index contributed by atoms with van der Waals surface area (Å²) in [6.45, 7) is 2.86. The van der Waals surface area contributed by atoms with E-state index in [2.05, 4.69) is 112 Å². The number of rotatable bonds is 4. The first-order valence-electron chi connectivity index (χ1n) is 9.76. The number of aryl methyl sites for hydroxylation is 1. The standard InChI is InChI=1S/C24H22N4S/c1-18-12-14-21(15-13-18)23-25-26-24-28(23)16-27(17-29-24)22(19-8-4-2-5-9-19)20-10-6-3-7-11-20/h2-15,22H,16-17H2,1H3. The van der Waals surface area contributed by atoms with Crippen LogP contribution in [0.4, 0.5) is 0 Å². The van der Waals surface area contributed by atoms with Crippen molar-refractivity contribution in [3.63, 3.8) is 0 Å². The minimum absolute atomic E-state index is 0.186. The third-order valence-electron chi connectivity index (χ3n) is 5.30. The average Bonchev–Trinajstić information content (AvgIpc) is 3.19. The molecule has 1 aliphatic heterocycles. The zero-order valence-electron chi connectivity index (χ0n) is 16.3. The summed E-state index contributed by atoms with van der Waals surface area (Å²) in [4.78, 5) is 2.49. The summed E-state index contributed by atoms with van der Waals surface area (Å²) >= 11 is 1.75. The Morgan fingerprint density at radius 2 is 1.41 bits per heavy atom. The molecule has 1 aliphatic rings. The van der Waals surface area contributed by atoms with Crippen molar-refractivity contribution < 1.29 is 0 Å². The van der Waals surface area contributed by atoms with E-state index in [-0.39, 0.29) is 6.04 Å². The molecular formula is C24H22N4S. The van der Waals surface area contributed by atoms with Gasteiger partial charge in [0.1, 0.15) is 0 Å². The van der Waals surface area contributed by atoms with E-state index in [9.17, 15) is 0 Å². The maximum absolute atomic E-state index is 4.50. The Hall–Kier alpha value is -2.89. The number of fused-ring (bicyclic) bond motifs is 1. The van der Waals surface area contributed by atoms with Crippen LogP contribution in [0.5, 0.6) is 0 Å². The summed E-state index contributed by atoms with van der Waals surface area (Å²) in [5, 5.41) is 9.93. The van der Waals surface area contributed by atoms with E-state index in [1.165, 1.54) is 16.7 Å². The average molecular weight is 399 g/mol. The van der Waals surface area contributed by atoms with Crippen LogP contribution < -0.4 is 0 Å². The Labute approximate surface area is 175 Å². The van der Waals surface area contributed by atoms with E-state index in [1.807, 2.05) is 0 Å². The molecule has 0 fully saturated rings. The first kappa shape index (κ1) is 18.2. The van der Waals surface area contributed by atoms with Gasteiger partial charge in [-0.3, -0.25) is 9.47 Å². The van der Waals surface area contributed by atoms with Gasteiger partial charge in [0.15, 0.2) is 11.0 Å². The van der Waals surface area contributed by atoms with Crippen LogP contribution in [0, 0.1) is 6.92 Å². The fraction of sp³-hybridized carbons (Fsp3) is 0.167. The zero-order chi connectivity index (χ0) is 19.6. The molecule has 29 heavy (non-hydrogen) atoms. The topological polar surface area (TPSA) is 34.0 Å². The molecule has 5 rings (SSSR count). The van der Waals surface area contributed by atoms with E-state index in [4.69, 9.17) is 0 Å². The Bertz CT molecular complexity index is 1050. The van der Waals surface area contributed by atoms with Crippen molar-refractivity contribution >= 4 is 11.8 Å². The van der Waals surface area contributed by atoms with E-state index in [0.29, 0.717) is 0 Å². The van der Waals surface area contributed by atoms with Crippen molar-refractivity contribution in [2.24, 2.45) is 0 Å². The van der Waals surface area contributed by atoms with Gasteiger partial charge in [-0.05, 0) is 18.1 Å². The van der Waals surface area contributed by atoms with Crippen molar-refractivity contribution in [3.8, 4) is 11.4 Å². The van der Waals surface area contributed by atoms with Gasteiger partial charge in [0.2, 0.25) is 0 Å². The molecular weight excluding hydrogens is 376 g/mol. The number of hydrogen-bond acceptors (Lipinski definition) is 4. The maximum atomic E-state index is 4.50. The Morgan fingerprint density at radius 3 is 2.03 bits per heavy atom. The summed E-state index contributed by atoms with van der Waals surface area (Å²) < 4.78 is 2.23. The van der Waals surface area contributed by atoms with Crippen LogP contribution in [0.2, 0.25) is 0 Å². The molecule has 0 unspecified atom stereocenters. The van der Waals surface area contributed by atoms with Crippen molar-refractivity contribution in [2.45, 2.75) is 24.8 Å². The molecule has 0 bridgehead atoms. The first-order chi connectivity index (χ1) is 14.3. The third-order valence-corrected chi connectivity index (χ3v) is 6.33. The molecule has 0 N–H and O–H groups in total. The van der Waals surface area contributed by atoms with Crippen LogP contribution in [-0.2, 0) is 6.67 Å². The molecule has 0 spiro atoms. The monoisotopic (exact) mass is 398 g/mol. The highest BCUT2D eigenvalue weighted by Gasteiger charge is 2.29. The van der Waals surface area contributed by atoms with E-state index >= 15 is 0 Å². The summed E-state index contributed by atoms with van der Waals surface area (Å²) in [6.07, 6.45) is 0. The second kappa shape index (κ2) is 7.85. The van der Waals surface area contributed by atoms with Gasteiger partial charge < -0.3 is 0 Å². The molecule has 2 heterocycles. The smallest absolute Gasteiger partial charge is 0.193 e. The van der Waals surface area contributed by atoms with Crippen molar-refractivity contribution in [1.29, 1.82) is 0 Å². The van der Waals surface area contributed by atoms with Crippen LogP contribution >= 0.6 is 11.8 Å². The summed E-state index contributed by atoms with van der Waals surface area (Å²) in [5.74, 6) is 1.80. The number of benzene rings is 3. The van der Waals surface area contributed by atoms with Crippen LogP contribution in [0.1, 0.15) is 22.7 Å². The SMILES string of the molecule is Cc1ccc(-c2nnc3n2CN(C(c2ccccc2)c2ccccc2)CS3)cc1. The number of nitrogens with zero attached hydrogens (tertiary/aromatic N) is 4. The molecule has 0 saturated heterocycles. The molecule has 1 aromatic heterocycles. The van der Waals surface area contributed by atoms with E-state index in [1.54, 1.807) is 11.8 Å². The third kappa shape index (κ3) is 3.59. The van der Waals surface area contributed by atoms with Gasteiger partial charge in [-0.15, -0.1) is 10.2 Å². The highest BCUT2D eigenvalue weighted by molar-refractivity contribution is 7.99. The van der Waals surface area contributed by atoms with Gasteiger partial charge in [0.25, 0.3) is 0 Å². The second-order valence-corrected chi connectivity index (χ2v) is 8.24. The minimum atomic E-state index is 0.186. The fourth-order valence-electron chi connectivity index (χ4n) is 3.84. The Balaban J connectivity index is 1.53. The maximum Gasteiger partial charge on any atom is 0.193 e. The van der Waals surface area contributed by atoms with Crippen LogP contribution in [0.15, 0.2) is 90.1 Å². The molecule has 3 aromatic carbocycles. The van der Waals surface area contributed by atoms with Gasteiger partial charge in [-0.2, -0.15) is 0 Å². The Morgan fingerprint density at radius 1 is 0.793 bits per heavy atom. The van der Waals surface area contributed by atoms with Crippen LogP contribution in [0.25, 0.3) is 11.4 Å². The minimum Gasteiger partial charge on any atom is -0.288 e. The number of thioether (sulfide) groups is 1. The molecule has 0 amide bonds. The van der Waals surface area contributed by atoms with Gasteiger partial charge in [-0.1, -0.05) is 102 Å². The first-order valence-corrected chi connectivity index (χ1v) is 10.7. The van der Waals surface area contributed by atoms with Crippen LogP contribution in [-0.4, -0.2) is 25.5 Å². The molecule has 0 aliphatic carbocycles. The quantitative estimate of drug-likeness (QED) is 0.463. The lowest BCUT2D eigenvalue weighted by molar-refractivity contribution is 0.195. The largest absolute Gasteiger partial charge is 0.288 e. The molecule has 144 valence electrons. The zero-order valence-corrected chi connectivity index (χ0v) is 17.1. The normalized spacial score (nSPS) is 14.1. The summed E-state index contributed by atoms with van der Waals surface area (Å²) in [7, 11) is 0. The highest BCUT2D eigenvalue weighted by Crippen LogP contribution is 2.36. The summed E-state index contributed by atoms with van der Waals surface area (Å²) in [5.41, 5.74) is 4.95. The van der Waals surface area contributed by atoms with Crippen molar-refractivity contribution in [2.75, 3.05) is 5.88 Å². The lowest BCUT2D eigenvalue weighted by Crippen LogP contribution is -2.34. The molecule has 0 radical (unpaired) electrons. The fourth-order valence-corrected chi connectivity index (χ4v) is 4.75. The Kier molecular flexibility index (Phi) is 4.92. The molecule has 4 nitrogen and oxygen atoms in total. The van der Waals surface area contributed by atoms with Gasteiger partial charge in [0, 0.05) is 5.56 Å². The van der Waals surface area contributed by atoms with Crippen LogP contribution in [0.3, 0.4) is 0 Å². The second-order valence-electron chi connectivity index (χ2n) is 7.33. The molecule has 0 saturated carbocycles. The number of aromatic nitrogens is 3.